The lowest BCUT2D eigenvalue weighted by atomic mass is 10.2. The zero-order chi connectivity index (χ0) is 21.2. The summed E-state index contributed by atoms with van der Waals surface area (Å²) in [6, 6.07) is 21.9. The van der Waals surface area contributed by atoms with Crippen LogP contribution in [-0.4, -0.2) is 9.44 Å². The van der Waals surface area contributed by atoms with Gasteiger partial charge in [0.1, 0.15) is 9.32 Å². The lowest BCUT2D eigenvalue weighted by Gasteiger charge is -2.05. The molecule has 1 saturated heterocycles. The van der Waals surface area contributed by atoms with Crippen molar-refractivity contribution in [2.24, 2.45) is 10.2 Å². The van der Waals surface area contributed by atoms with Crippen LogP contribution < -0.4 is 10.6 Å². The number of nitrogens with one attached hydrogen (secondary N) is 2. The molecule has 5 nitrogen and oxygen atoms in total. The number of nitrogens with zero attached hydrogens (tertiary/aromatic N) is 2. The zero-order valence-electron chi connectivity index (χ0n) is 15.9. The molecule has 4 aromatic rings. The number of carbonyl (C=O) groups is 1. The average Bonchev–Trinajstić information content (AvgIpc) is 3.41. The van der Waals surface area contributed by atoms with E-state index in [1.54, 1.807) is 22.7 Å². The van der Waals surface area contributed by atoms with Gasteiger partial charge >= 0.3 is 0 Å². The summed E-state index contributed by atoms with van der Waals surface area (Å²) in [5, 5.41) is 15.8. The van der Waals surface area contributed by atoms with Crippen molar-refractivity contribution in [1.82, 2.24) is 5.32 Å². The SMILES string of the molecule is O=C1SC(=S)N/C1=C/c1cc2sc(N=Nc3ccc(Nc4ccccc4)cc3)cc2s1. The Morgan fingerprint density at radius 2 is 1.65 bits per heavy atom. The van der Waals surface area contributed by atoms with E-state index in [9.17, 15) is 4.79 Å². The van der Waals surface area contributed by atoms with Crippen LogP contribution in [0.2, 0.25) is 0 Å². The van der Waals surface area contributed by atoms with E-state index in [4.69, 9.17) is 12.2 Å². The minimum absolute atomic E-state index is 0.0405. The summed E-state index contributed by atoms with van der Waals surface area (Å²) < 4.78 is 2.74. The highest BCUT2D eigenvalue weighted by molar-refractivity contribution is 8.33. The van der Waals surface area contributed by atoms with E-state index < -0.39 is 0 Å². The van der Waals surface area contributed by atoms with E-state index >= 15 is 0 Å². The number of azo groups is 1. The molecular formula is C22H14N4OS4. The van der Waals surface area contributed by atoms with Crippen LogP contribution in [0.4, 0.5) is 22.1 Å². The fourth-order valence-electron chi connectivity index (χ4n) is 2.93. The lowest BCUT2D eigenvalue weighted by Crippen LogP contribution is -2.09. The quantitative estimate of drug-likeness (QED) is 0.175. The molecule has 2 N–H and O–H groups in total. The third kappa shape index (κ3) is 4.75. The molecule has 0 unspecified atom stereocenters. The fourth-order valence-corrected chi connectivity index (χ4v) is 5.98. The van der Waals surface area contributed by atoms with Crippen molar-refractivity contribution in [2.75, 3.05) is 5.32 Å². The zero-order valence-corrected chi connectivity index (χ0v) is 19.1. The van der Waals surface area contributed by atoms with Gasteiger partial charge in [-0.2, -0.15) is 0 Å². The normalized spacial score (nSPS) is 15.3. The smallest absolute Gasteiger partial charge is 0.242 e. The van der Waals surface area contributed by atoms with Crippen molar-refractivity contribution in [1.29, 1.82) is 0 Å². The molecule has 31 heavy (non-hydrogen) atoms. The van der Waals surface area contributed by atoms with Gasteiger partial charge < -0.3 is 10.6 Å². The Morgan fingerprint density at radius 3 is 2.35 bits per heavy atom. The minimum Gasteiger partial charge on any atom is -0.356 e. The van der Waals surface area contributed by atoms with Crippen LogP contribution in [0.3, 0.4) is 0 Å². The maximum absolute atomic E-state index is 11.8. The van der Waals surface area contributed by atoms with Crippen molar-refractivity contribution >= 4 is 93.6 Å². The summed E-state index contributed by atoms with van der Waals surface area (Å²) in [6.45, 7) is 0. The molecule has 1 aliphatic heterocycles. The largest absolute Gasteiger partial charge is 0.356 e. The number of hydrogen-bond donors (Lipinski definition) is 2. The molecule has 0 aliphatic carbocycles. The minimum atomic E-state index is -0.0405. The second-order valence-corrected chi connectivity index (χ2v) is 10.4. The third-order valence-corrected chi connectivity index (χ3v) is 7.50. The monoisotopic (exact) mass is 478 g/mol. The van der Waals surface area contributed by atoms with Crippen molar-refractivity contribution in [3.63, 3.8) is 0 Å². The predicted octanol–water partition coefficient (Wildman–Crippen LogP) is 7.61. The molecule has 152 valence electrons. The van der Waals surface area contributed by atoms with Gasteiger partial charge in [0.2, 0.25) is 5.12 Å². The molecule has 2 aromatic heterocycles. The highest BCUT2D eigenvalue weighted by Crippen LogP contribution is 2.39. The molecule has 1 aliphatic rings. The fraction of sp³-hybridized carbons (Fsp3) is 0. The van der Waals surface area contributed by atoms with E-state index in [0.717, 1.165) is 48.1 Å². The van der Waals surface area contributed by atoms with Crippen LogP contribution >= 0.6 is 46.7 Å². The molecule has 2 aromatic carbocycles. The van der Waals surface area contributed by atoms with E-state index in [1.807, 2.05) is 66.7 Å². The van der Waals surface area contributed by atoms with Gasteiger partial charge in [-0.25, -0.2) is 0 Å². The van der Waals surface area contributed by atoms with Crippen LogP contribution in [0.15, 0.2) is 82.7 Å². The number of para-hydroxylation sites is 1. The second kappa shape index (κ2) is 8.72. The predicted molar refractivity (Wildman–Crippen MR) is 136 cm³/mol. The van der Waals surface area contributed by atoms with Crippen LogP contribution in [-0.2, 0) is 4.79 Å². The number of benzene rings is 2. The molecule has 1 fully saturated rings. The number of fused-ring (bicyclic) bond motifs is 1. The van der Waals surface area contributed by atoms with E-state index in [-0.39, 0.29) is 5.12 Å². The first-order valence-corrected chi connectivity index (χ1v) is 12.1. The highest BCUT2D eigenvalue weighted by atomic mass is 32.2. The molecule has 9 heteroatoms. The van der Waals surface area contributed by atoms with Crippen molar-refractivity contribution < 1.29 is 4.79 Å². The summed E-state index contributed by atoms with van der Waals surface area (Å²) in [4.78, 5) is 12.9. The van der Waals surface area contributed by atoms with E-state index in [0.29, 0.717) is 10.0 Å². The number of carbonyl (C=O) groups excluding carboxylic acids is 1. The van der Waals surface area contributed by atoms with Crippen molar-refractivity contribution in [3.05, 3.63) is 77.3 Å². The first-order chi connectivity index (χ1) is 15.1. The Bertz CT molecular complexity index is 1310. The number of hydrogen-bond acceptors (Lipinski definition) is 8. The summed E-state index contributed by atoms with van der Waals surface area (Å²) in [7, 11) is 0. The Hall–Kier alpha value is -2.85. The van der Waals surface area contributed by atoms with Gasteiger partial charge in [-0.1, -0.05) is 30.4 Å². The second-order valence-electron chi connectivity index (χ2n) is 6.56. The Balaban J connectivity index is 1.27. The van der Waals surface area contributed by atoms with Crippen LogP contribution in [0, 0.1) is 0 Å². The molecule has 3 heterocycles. The Morgan fingerprint density at radius 1 is 0.903 bits per heavy atom. The molecular weight excluding hydrogens is 465 g/mol. The molecule has 0 amide bonds. The third-order valence-electron chi connectivity index (χ3n) is 4.34. The van der Waals surface area contributed by atoms with Gasteiger partial charge in [0.25, 0.3) is 0 Å². The number of thioether (sulfide) groups is 1. The topological polar surface area (TPSA) is 65.8 Å². The summed E-state index contributed by atoms with van der Waals surface area (Å²) >= 11 is 9.27. The van der Waals surface area contributed by atoms with Gasteiger partial charge in [0.15, 0.2) is 0 Å². The number of anilines is 2. The van der Waals surface area contributed by atoms with Gasteiger partial charge in [-0.15, -0.1) is 32.9 Å². The van der Waals surface area contributed by atoms with Crippen LogP contribution in [0.5, 0.6) is 0 Å². The summed E-state index contributed by atoms with van der Waals surface area (Å²) in [5.74, 6) is 0. The molecule has 0 atom stereocenters. The summed E-state index contributed by atoms with van der Waals surface area (Å²) in [5.41, 5.74) is 3.37. The average molecular weight is 479 g/mol. The van der Waals surface area contributed by atoms with Crippen LogP contribution in [0.25, 0.3) is 15.5 Å². The highest BCUT2D eigenvalue weighted by Gasteiger charge is 2.22. The Labute approximate surface area is 195 Å². The van der Waals surface area contributed by atoms with Crippen molar-refractivity contribution in [3.8, 4) is 0 Å². The molecule has 0 saturated carbocycles. The van der Waals surface area contributed by atoms with Crippen molar-refractivity contribution in [2.45, 2.75) is 0 Å². The number of thiophene rings is 2. The first kappa shape index (κ1) is 20.1. The molecule has 0 bridgehead atoms. The lowest BCUT2D eigenvalue weighted by molar-refractivity contribution is -0.107. The molecule has 0 spiro atoms. The van der Waals surface area contributed by atoms with Gasteiger partial charge in [-0.05, 0) is 66.4 Å². The number of rotatable bonds is 5. The Kier molecular flexibility index (Phi) is 5.65. The van der Waals surface area contributed by atoms with Gasteiger partial charge in [0.05, 0.1) is 11.4 Å². The standard InChI is InChI=1S/C22H14N4OS4/c27-21-17(24-22(28)31-21)10-16-11-18-19(29-16)12-20(30-18)26-25-15-8-6-14(7-9-15)23-13-4-2-1-3-5-13/h1-12,23H,(H,24,28)/b17-10+,26-25?. The maximum atomic E-state index is 11.8. The van der Waals surface area contributed by atoms with Crippen LogP contribution in [0.1, 0.15) is 4.88 Å². The molecule has 0 radical (unpaired) electrons. The first-order valence-electron chi connectivity index (χ1n) is 9.24. The van der Waals surface area contributed by atoms with E-state index in [1.165, 1.54) is 0 Å². The van der Waals surface area contributed by atoms with E-state index in [2.05, 4.69) is 26.9 Å². The number of thiocarbonyl (C=S) groups is 1. The van der Waals surface area contributed by atoms with Gasteiger partial charge in [0, 0.05) is 25.7 Å². The maximum Gasteiger partial charge on any atom is 0.242 e. The van der Waals surface area contributed by atoms with Gasteiger partial charge in [-0.3, -0.25) is 4.79 Å². The molecule has 5 rings (SSSR count). The summed E-state index contributed by atoms with van der Waals surface area (Å²) in [6.07, 6.45) is 1.85.